The molecule has 1 aliphatic rings. The highest BCUT2D eigenvalue weighted by atomic mass is 16.5. The van der Waals surface area contributed by atoms with Crippen LogP contribution < -0.4 is 4.74 Å². The quantitative estimate of drug-likeness (QED) is 0.724. The van der Waals surface area contributed by atoms with Gasteiger partial charge in [0, 0.05) is 6.61 Å². The maximum Gasteiger partial charge on any atom is 0.122 e. The summed E-state index contributed by atoms with van der Waals surface area (Å²) in [6.07, 6.45) is 5.15. The summed E-state index contributed by atoms with van der Waals surface area (Å²) < 4.78 is 11.4. The van der Waals surface area contributed by atoms with Crippen LogP contribution in [0.25, 0.3) is 0 Å². The van der Waals surface area contributed by atoms with Crippen LogP contribution in [-0.4, -0.2) is 19.3 Å². The summed E-state index contributed by atoms with van der Waals surface area (Å²) in [5, 5.41) is 0. The number of aryl methyl sites for hydroxylation is 1. The Morgan fingerprint density at radius 2 is 2.24 bits per heavy atom. The summed E-state index contributed by atoms with van der Waals surface area (Å²) in [6, 6.07) is 6.22. The van der Waals surface area contributed by atoms with Crippen LogP contribution in [0.2, 0.25) is 0 Å². The van der Waals surface area contributed by atoms with Gasteiger partial charge in [-0.3, -0.25) is 0 Å². The third-order valence-electron chi connectivity index (χ3n) is 3.51. The van der Waals surface area contributed by atoms with E-state index in [4.69, 9.17) is 9.47 Å². The molecule has 0 spiro atoms. The fraction of sp³-hybridized carbons (Fsp3) is 0.600. The van der Waals surface area contributed by atoms with E-state index in [9.17, 15) is 0 Å². The third kappa shape index (κ3) is 3.47. The summed E-state index contributed by atoms with van der Waals surface area (Å²) in [5.74, 6) is 1.03. The van der Waals surface area contributed by atoms with Gasteiger partial charge in [-0.2, -0.15) is 0 Å². The minimum absolute atomic E-state index is 0.484. The topological polar surface area (TPSA) is 18.5 Å². The van der Waals surface area contributed by atoms with Gasteiger partial charge in [0.25, 0.3) is 0 Å². The number of ether oxygens (including phenoxy) is 2. The van der Waals surface area contributed by atoms with Crippen LogP contribution in [0, 0.1) is 13.8 Å². The molecule has 1 aromatic rings. The van der Waals surface area contributed by atoms with Gasteiger partial charge in [-0.25, -0.2) is 0 Å². The minimum Gasteiger partial charge on any atom is -0.493 e. The lowest BCUT2D eigenvalue weighted by Crippen LogP contribution is -2.08. The first-order chi connectivity index (χ1) is 8.27. The number of rotatable bonds is 5. The minimum atomic E-state index is 0.484. The molecule has 1 saturated heterocycles. The average molecular weight is 234 g/mol. The average Bonchev–Trinajstić information content (AvgIpc) is 2.83. The summed E-state index contributed by atoms with van der Waals surface area (Å²) in [4.78, 5) is 0. The fourth-order valence-corrected chi connectivity index (χ4v) is 2.25. The van der Waals surface area contributed by atoms with Crippen molar-refractivity contribution in [2.24, 2.45) is 0 Å². The van der Waals surface area contributed by atoms with Gasteiger partial charge in [0.15, 0.2) is 0 Å². The second-order valence-corrected chi connectivity index (χ2v) is 4.82. The molecule has 0 radical (unpaired) electrons. The molecule has 1 aliphatic heterocycles. The Balaban J connectivity index is 1.72. The molecule has 1 unspecified atom stereocenters. The molecule has 2 rings (SSSR count). The zero-order valence-electron chi connectivity index (χ0n) is 10.9. The molecular formula is C15H22O2. The normalized spacial score (nSPS) is 19.5. The van der Waals surface area contributed by atoms with Crippen LogP contribution in [0.3, 0.4) is 0 Å². The van der Waals surface area contributed by atoms with Gasteiger partial charge >= 0.3 is 0 Å². The molecule has 0 aromatic heterocycles. The van der Waals surface area contributed by atoms with Crippen molar-refractivity contribution in [1.29, 1.82) is 0 Å². The van der Waals surface area contributed by atoms with Crippen molar-refractivity contribution in [2.75, 3.05) is 13.2 Å². The van der Waals surface area contributed by atoms with Crippen molar-refractivity contribution in [3.05, 3.63) is 29.3 Å². The van der Waals surface area contributed by atoms with Gasteiger partial charge in [0.05, 0.1) is 12.7 Å². The van der Waals surface area contributed by atoms with Crippen LogP contribution in [0.1, 0.15) is 36.8 Å². The lowest BCUT2D eigenvalue weighted by Gasteiger charge is -2.12. The van der Waals surface area contributed by atoms with Gasteiger partial charge in [0.1, 0.15) is 5.75 Å². The highest BCUT2D eigenvalue weighted by molar-refractivity contribution is 5.38. The largest absolute Gasteiger partial charge is 0.493 e. The Morgan fingerprint density at radius 3 is 3.00 bits per heavy atom. The maximum absolute atomic E-state index is 5.82. The van der Waals surface area contributed by atoms with Crippen molar-refractivity contribution in [1.82, 2.24) is 0 Å². The van der Waals surface area contributed by atoms with Crippen molar-refractivity contribution < 1.29 is 9.47 Å². The molecule has 0 bridgehead atoms. The van der Waals surface area contributed by atoms with Crippen LogP contribution in [-0.2, 0) is 4.74 Å². The highest BCUT2D eigenvalue weighted by Crippen LogP contribution is 2.21. The van der Waals surface area contributed by atoms with E-state index in [0.29, 0.717) is 6.10 Å². The van der Waals surface area contributed by atoms with E-state index in [0.717, 1.165) is 31.8 Å². The van der Waals surface area contributed by atoms with E-state index in [1.165, 1.54) is 24.0 Å². The molecular weight excluding hydrogens is 212 g/mol. The standard InChI is InChI=1S/C15H22O2/c1-12-6-3-9-15(13(12)2)17-11-5-8-14-7-4-10-16-14/h3,6,9,14H,4-5,7-8,10-11H2,1-2H3. The molecule has 2 heteroatoms. The summed E-state index contributed by atoms with van der Waals surface area (Å²) in [7, 11) is 0. The first-order valence-corrected chi connectivity index (χ1v) is 6.58. The van der Waals surface area contributed by atoms with E-state index in [2.05, 4.69) is 32.0 Å². The Kier molecular flexibility index (Phi) is 4.43. The second-order valence-electron chi connectivity index (χ2n) is 4.82. The van der Waals surface area contributed by atoms with Crippen LogP contribution in [0.5, 0.6) is 5.75 Å². The Morgan fingerprint density at radius 1 is 1.35 bits per heavy atom. The van der Waals surface area contributed by atoms with E-state index >= 15 is 0 Å². The molecule has 1 heterocycles. The van der Waals surface area contributed by atoms with E-state index in [1.807, 2.05) is 0 Å². The van der Waals surface area contributed by atoms with Gasteiger partial charge in [-0.1, -0.05) is 12.1 Å². The molecule has 0 aliphatic carbocycles. The maximum atomic E-state index is 5.82. The summed E-state index contributed by atoms with van der Waals surface area (Å²) in [6.45, 7) is 5.98. The number of benzene rings is 1. The SMILES string of the molecule is Cc1cccc(OCCCC2CCCO2)c1C. The zero-order valence-corrected chi connectivity index (χ0v) is 10.9. The molecule has 1 atom stereocenters. The first-order valence-electron chi connectivity index (χ1n) is 6.58. The zero-order chi connectivity index (χ0) is 12.1. The number of hydrogen-bond acceptors (Lipinski definition) is 2. The van der Waals surface area contributed by atoms with Crippen LogP contribution in [0.15, 0.2) is 18.2 Å². The van der Waals surface area contributed by atoms with E-state index < -0.39 is 0 Å². The van der Waals surface area contributed by atoms with Gasteiger partial charge in [-0.05, 0) is 56.7 Å². The Hall–Kier alpha value is -1.02. The molecule has 1 fully saturated rings. The molecule has 1 aromatic carbocycles. The smallest absolute Gasteiger partial charge is 0.122 e. The van der Waals surface area contributed by atoms with Crippen LogP contribution >= 0.6 is 0 Å². The van der Waals surface area contributed by atoms with E-state index in [1.54, 1.807) is 0 Å². The Bertz CT molecular complexity index is 354. The summed E-state index contributed by atoms with van der Waals surface area (Å²) >= 11 is 0. The van der Waals surface area contributed by atoms with Crippen molar-refractivity contribution in [3.8, 4) is 5.75 Å². The van der Waals surface area contributed by atoms with Gasteiger partial charge in [0.2, 0.25) is 0 Å². The molecule has 17 heavy (non-hydrogen) atoms. The van der Waals surface area contributed by atoms with Crippen molar-refractivity contribution in [3.63, 3.8) is 0 Å². The van der Waals surface area contributed by atoms with Crippen molar-refractivity contribution >= 4 is 0 Å². The lowest BCUT2D eigenvalue weighted by atomic mass is 10.1. The van der Waals surface area contributed by atoms with Gasteiger partial charge in [-0.15, -0.1) is 0 Å². The van der Waals surface area contributed by atoms with E-state index in [-0.39, 0.29) is 0 Å². The molecule has 94 valence electrons. The fourth-order valence-electron chi connectivity index (χ4n) is 2.25. The van der Waals surface area contributed by atoms with Crippen molar-refractivity contribution in [2.45, 2.75) is 45.6 Å². The monoisotopic (exact) mass is 234 g/mol. The van der Waals surface area contributed by atoms with Crippen LogP contribution in [0.4, 0.5) is 0 Å². The lowest BCUT2D eigenvalue weighted by molar-refractivity contribution is 0.0981. The molecule has 0 amide bonds. The molecule has 2 nitrogen and oxygen atoms in total. The predicted molar refractivity (Wildman–Crippen MR) is 69.6 cm³/mol. The molecule has 0 N–H and O–H groups in total. The first kappa shape index (κ1) is 12.4. The second kappa shape index (κ2) is 6.06. The number of hydrogen-bond donors (Lipinski definition) is 0. The third-order valence-corrected chi connectivity index (χ3v) is 3.51. The summed E-state index contributed by atoms with van der Waals surface area (Å²) in [5.41, 5.74) is 2.55. The van der Waals surface area contributed by atoms with Gasteiger partial charge < -0.3 is 9.47 Å². The predicted octanol–water partition coefficient (Wildman–Crippen LogP) is 3.64. The highest BCUT2D eigenvalue weighted by Gasteiger charge is 2.14. The molecule has 0 saturated carbocycles. The Labute approximate surface area is 104 Å².